The summed E-state index contributed by atoms with van der Waals surface area (Å²) in [6.45, 7) is 0. The van der Waals surface area contributed by atoms with Crippen molar-refractivity contribution in [1.29, 1.82) is 0 Å². The monoisotopic (exact) mass is 922 g/mol. The Morgan fingerprint density at radius 3 is 1.53 bits per heavy atom. The van der Waals surface area contributed by atoms with Gasteiger partial charge < -0.3 is 15.2 Å². The second-order valence-corrected chi connectivity index (χ2v) is 18.8. The van der Waals surface area contributed by atoms with E-state index in [1.54, 1.807) is 0 Å². The van der Waals surface area contributed by atoms with Gasteiger partial charge in [0.15, 0.2) is 5.84 Å². The standard InChI is InChI=1S/C64H42N8/c1-5-17-43-35-47(29-25-39(43)13-1)59-65-60(48-30-26-40-14-2-6-18-44(40)36-48)68-63(67-59)71-55-24-12-10-22-53(55)57-56(71)34-33-52-51-21-9-11-23-54(51)72(58(52)57)64-69-61(49-31-27-41-15-3-7-19-45(41)37-49)66-62(70-64)50-32-28-42-16-4-8-20-46(42)38-50/h1-38,61,63H,(H,65,67,68)(H,66,69,70). The number of amidine groups is 3. The molecule has 0 saturated carbocycles. The van der Waals surface area contributed by atoms with E-state index in [4.69, 9.17) is 20.0 Å². The number of para-hydroxylation sites is 2. The topological polar surface area (TPSA) is 83.4 Å². The molecule has 0 fully saturated rings. The maximum absolute atomic E-state index is 5.58. The molecule has 13 aromatic rings. The van der Waals surface area contributed by atoms with Gasteiger partial charge in [0.2, 0.25) is 12.2 Å². The highest BCUT2D eigenvalue weighted by atomic mass is 15.3. The fourth-order valence-electron chi connectivity index (χ4n) is 11.1. The maximum Gasteiger partial charge on any atom is 0.234 e. The number of benzene rings is 11. The normalized spacial score (nSPS) is 16.1. The summed E-state index contributed by atoms with van der Waals surface area (Å²) in [4.78, 5) is 21.9. The highest BCUT2D eigenvalue weighted by Crippen LogP contribution is 2.42. The fourth-order valence-corrected chi connectivity index (χ4v) is 11.1. The van der Waals surface area contributed by atoms with Crippen LogP contribution in [-0.4, -0.2) is 32.6 Å². The Kier molecular flexibility index (Phi) is 8.91. The van der Waals surface area contributed by atoms with Crippen molar-refractivity contribution in [3.63, 3.8) is 0 Å². The van der Waals surface area contributed by atoms with Gasteiger partial charge in [0.1, 0.15) is 17.8 Å². The van der Waals surface area contributed by atoms with Gasteiger partial charge in [-0.25, -0.2) is 15.0 Å². The summed E-state index contributed by atoms with van der Waals surface area (Å²) < 4.78 is 4.63. The number of nitrogens with one attached hydrogen (secondary N) is 2. The van der Waals surface area contributed by atoms with Gasteiger partial charge in [-0.2, -0.15) is 4.99 Å². The van der Waals surface area contributed by atoms with Crippen LogP contribution in [0, 0.1) is 0 Å². The third kappa shape index (κ3) is 6.46. The molecular weight excluding hydrogens is 881 g/mol. The molecule has 0 spiro atoms. The van der Waals surface area contributed by atoms with Crippen LogP contribution in [0.15, 0.2) is 250 Å². The van der Waals surface area contributed by atoms with Crippen LogP contribution in [0.25, 0.3) is 86.7 Å². The van der Waals surface area contributed by atoms with Gasteiger partial charge >= 0.3 is 0 Å². The van der Waals surface area contributed by atoms with E-state index in [0.29, 0.717) is 11.8 Å². The minimum absolute atomic E-state index is 0.428. The Morgan fingerprint density at radius 1 is 0.361 bits per heavy atom. The van der Waals surface area contributed by atoms with Crippen LogP contribution >= 0.6 is 0 Å². The lowest BCUT2D eigenvalue weighted by molar-refractivity contribution is 0.516. The van der Waals surface area contributed by atoms with Gasteiger partial charge in [-0.3, -0.25) is 4.57 Å². The van der Waals surface area contributed by atoms with Gasteiger partial charge in [-0.15, -0.1) is 0 Å². The molecule has 4 heterocycles. The summed E-state index contributed by atoms with van der Waals surface area (Å²) >= 11 is 0. The zero-order valence-electron chi connectivity index (χ0n) is 38.8. The van der Waals surface area contributed by atoms with Crippen LogP contribution in [0.5, 0.6) is 0 Å². The molecule has 2 N–H and O–H groups in total. The average Bonchev–Trinajstić information content (AvgIpc) is 3.97. The van der Waals surface area contributed by atoms with Crippen molar-refractivity contribution in [2.24, 2.45) is 20.0 Å². The average molecular weight is 923 g/mol. The van der Waals surface area contributed by atoms with Gasteiger partial charge in [-0.1, -0.05) is 188 Å². The highest BCUT2D eigenvalue weighted by molar-refractivity contribution is 6.28. The molecule has 2 unspecified atom stereocenters. The zero-order valence-corrected chi connectivity index (χ0v) is 38.8. The molecule has 2 aliphatic heterocycles. The van der Waals surface area contributed by atoms with E-state index in [0.717, 1.165) is 99.1 Å². The molecule has 8 nitrogen and oxygen atoms in total. The van der Waals surface area contributed by atoms with Crippen molar-refractivity contribution in [3.8, 4) is 0 Å². The second kappa shape index (κ2) is 15.9. The summed E-state index contributed by atoms with van der Waals surface area (Å²) in [6, 6.07) is 81.9. The largest absolute Gasteiger partial charge is 0.344 e. The maximum atomic E-state index is 5.58. The molecule has 15 rings (SSSR count). The number of aliphatic imine (C=N–C) groups is 4. The van der Waals surface area contributed by atoms with E-state index in [-0.39, 0.29) is 0 Å². The predicted molar refractivity (Wildman–Crippen MR) is 299 cm³/mol. The molecule has 0 saturated heterocycles. The molecule has 0 aliphatic carbocycles. The summed E-state index contributed by atoms with van der Waals surface area (Å²) in [5, 5.41) is 21.3. The first-order chi connectivity index (χ1) is 35.6. The van der Waals surface area contributed by atoms with Crippen LogP contribution < -0.4 is 10.6 Å². The molecular formula is C64H42N8. The molecule has 11 aromatic carbocycles. The summed E-state index contributed by atoms with van der Waals surface area (Å²) in [5.41, 5.74) is 8.08. The number of hydrogen-bond acceptors (Lipinski definition) is 6. The van der Waals surface area contributed by atoms with Crippen molar-refractivity contribution in [2.75, 3.05) is 0 Å². The molecule has 72 heavy (non-hydrogen) atoms. The van der Waals surface area contributed by atoms with Crippen molar-refractivity contribution < 1.29 is 0 Å². The smallest absolute Gasteiger partial charge is 0.234 e. The number of aromatic nitrogens is 2. The lowest BCUT2D eigenvalue weighted by atomic mass is 10.0. The van der Waals surface area contributed by atoms with Crippen molar-refractivity contribution >= 4 is 110 Å². The van der Waals surface area contributed by atoms with Gasteiger partial charge in [-0.05, 0) is 91.1 Å². The Labute approximate surface area is 413 Å². The number of nitrogens with zero attached hydrogens (tertiary/aromatic N) is 6. The summed E-state index contributed by atoms with van der Waals surface area (Å²) in [7, 11) is 0. The third-order valence-corrected chi connectivity index (χ3v) is 14.6. The molecule has 0 amide bonds. The Morgan fingerprint density at radius 2 is 0.875 bits per heavy atom. The SMILES string of the molecule is c1ccc2cc(C3=NC(n4c5ccccc5c5c6c(ccc54)c4ccccc4n6C4=NC(c5ccc6ccccc6c5)NC(c5ccc6ccccc6c5)=N4)NC(c4ccc5ccccc5c4)=N3)ccc2c1. The Hall–Kier alpha value is -9.66. The highest BCUT2D eigenvalue weighted by Gasteiger charge is 2.29. The first-order valence-electron chi connectivity index (χ1n) is 24.4. The first kappa shape index (κ1) is 40.2. The molecule has 338 valence electrons. The molecule has 8 heteroatoms. The lowest BCUT2D eigenvalue weighted by Crippen LogP contribution is -2.36. The molecule has 2 aromatic heterocycles. The molecule has 2 aliphatic rings. The lowest BCUT2D eigenvalue weighted by Gasteiger charge is -2.26. The van der Waals surface area contributed by atoms with Crippen LogP contribution in [0.2, 0.25) is 0 Å². The fraction of sp³-hybridized carbons (Fsp3) is 0.0312. The molecule has 0 bridgehead atoms. The zero-order chi connectivity index (χ0) is 47.3. The second-order valence-electron chi connectivity index (χ2n) is 18.8. The summed E-state index contributed by atoms with van der Waals surface area (Å²) in [5.74, 6) is 2.77. The van der Waals surface area contributed by atoms with Crippen LogP contribution in [0.4, 0.5) is 0 Å². The van der Waals surface area contributed by atoms with Crippen LogP contribution in [-0.2, 0) is 0 Å². The molecule has 2 atom stereocenters. The minimum atomic E-state index is -0.561. The quantitative estimate of drug-likeness (QED) is 0.180. The van der Waals surface area contributed by atoms with Crippen LogP contribution in [0.3, 0.4) is 0 Å². The van der Waals surface area contributed by atoms with E-state index in [9.17, 15) is 0 Å². The summed E-state index contributed by atoms with van der Waals surface area (Å²) in [6.07, 6.45) is -0.989. The van der Waals surface area contributed by atoms with Crippen LogP contribution in [0.1, 0.15) is 34.7 Å². The van der Waals surface area contributed by atoms with E-state index in [2.05, 4.69) is 250 Å². The van der Waals surface area contributed by atoms with E-state index < -0.39 is 12.5 Å². The van der Waals surface area contributed by atoms with Gasteiger partial charge in [0.25, 0.3) is 0 Å². The Bertz CT molecular complexity index is 4550. The van der Waals surface area contributed by atoms with Crippen molar-refractivity contribution in [3.05, 3.63) is 253 Å². The molecule has 0 radical (unpaired) electrons. The van der Waals surface area contributed by atoms with E-state index >= 15 is 0 Å². The predicted octanol–water partition coefficient (Wildman–Crippen LogP) is 14.4. The van der Waals surface area contributed by atoms with Gasteiger partial charge in [0, 0.05) is 38.2 Å². The minimum Gasteiger partial charge on any atom is -0.344 e. The number of hydrogen-bond donors (Lipinski definition) is 2. The van der Waals surface area contributed by atoms with Gasteiger partial charge in [0.05, 0.1) is 22.1 Å². The van der Waals surface area contributed by atoms with Crippen molar-refractivity contribution in [1.82, 2.24) is 19.8 Å². The first-order valence-corrected chi connectivity index (χ1v) is 24.4. The number of rotatable bonds is 5. The van der Waals surface area contributed by atoms with E-state index in [1.807, 2.05) is 0 Å². The third-order valence-electron chi connectivity index (χ3n) is 14.6. The Balaban J connectivity index is 0.971. The van der Waals surface area contributed by atoms with Crippen molar-refractivity contribution in [2.45, 2.75) is 12.5 Å². The number of fused-ring (bicyclic) bond motifs is 11. The van der Waals surface area contributed by atoms with E-state index in [1.165, 1.54) is 21.5 Å².